The average molecular weight is 214 g/mol. The molecule has 1 atom stereocenters. The molecule has 0 amide bonds. The largest absolute Gasteiger partial charge is 0.323 e. The Morgan fingerprint density at radius 2 is 1.94 bits per heavy atom. The molecule has 0 bridgehead atoms. The van der Waals surface area contributed by atoms with E-state index in [1.807, 2.05) is 0 Å². The third-order valence-corrected chi connectivity index (χ3v) is 4.08. The van der Waals surface area contributed by atoms with Gasteiger partial charge in [0, 0.05) is 11.5 Å². The monoisotopic (exact) mass is 214 g/mol. The highest BCUT2D eigenvalue weighted by molar-refractivity contribution is 5.59. The molecule has 16 heavy (non-hydrogen) atoms. The standard InChI is InChI=1S/C14H18N2/c15-13-12-4-2-1-3-11(12)5-6-14(13)7-9-16-10-8-14/h1-6,13,16H,7-10,15H2. The Morgan fingerprint density at radius 3 is 2.75 bits per heavy atom. The van der Waals surface area contributed by atoms with Gasteiger partial charge in [-0.25, -0.2) is 0 Å². The van der Waals surface area contributed by atoms with Crippen LogP contribution >= 0.6 is 0 Å². The predicted molar refractivity (Wildman–Crippen MR) is 66.9 cm³/mol. The van der Waals surface area contributed by atoms with E-state index in [4.69, 9.17) is 5.73 Å². The van der Waals surface area contributed by atoms with E-state index in [1.165, 1.54) is 11.1 Å². The molecule has 1 aliphatic heterocycles. The van der Waals surface area contributed by atoms with Gasteiger partial charge in [0.2, 0.25) is 0 Å². The Morgan fingerprint density at radius 1 is 1.19 bits per heavy atom. The molecule has 1 aromatic carbocycles. The van der Waals surface area contributed by atoms with Crippen LogP contribution in [0.25, 0.3) is 6.08 Å². The second-order valence-corrected chi connectivity index (χ2v) is 4.92. The third kappa shape index (κ3) is 1.41. The van der Waals surface area contributed by atoms with E-state index >= 15 is 0 Å². The quantitative estimate of drug-likeness (QED) is 0.694. The molecule has 1 saturated heterocycles. The zero-order valence-electron chi connectivity index (χ0n) is 9.45. The third-order valence-electron chi connectivity index (χ3n) is 4.08. The van der Waals surface area contributed by atoms with E-state index in [0.717, 1.165) is 25.9 Å². The fraction of sp³-hybridized carbons (Fsp3) is 0.429. The SMILES string of the molecule is NC1c2ccccc2C=CC12CCNCC2. The van der Waals surface area contributed by atoms with Crippen LogP contribution < -0.4 is 11.1 Å². The van der Waals surface area contributed by atoms with Crippen molar-refractivity contribution in [1.29, 1.82) is 0 Å². The maximum atomic E-state index is 6.48. The Balaban J connectivity index is 2.02. The van der Waals surface area contributed by atoms with Crippen molar-refractivity contribution < 1.29 is 0 Å². The number of rotatable bonds is 0. The van der Waals surface area contributed by atoms with Gasteiger partial charge in [-0.1, -0.05) is 36.4 Å². The van der Waals surface area contributed by atoms with Gasteiger partial charge in [0.25, 0.3) is 0 Å². The fourth-order valence-corrected chi connectivity index (χ4v) is 2.98. The summed E-state index contributed by atoms with van der Waals surface area (Å²) >= 11 is 0. The van der Waals surface area contributed by atoms with Gasteiger partial charge in [0.05, 0.1) is 0 Å². The Hall–Kier alpha value is -1.12. The smallest absolute Gasteiger partial charge is 0.0394 e. The molecule has 84 valence electrons. The number of nitrogens with two attached hydrogens (primary N) is 1. The second-order valence-electron chi connectivity index (χ2n) is 4.92. The minimum absolute atomic E-state index is 0.163. The van der Waals surface area contributed by atoms with Gasteiger partial charge in [-0.15, -0.1) is 0 Å². The lowest BCUT2D eigenvalue weighted by atomic mass is 9.67. The summed E-state index contributed by atoms with van der Waals surface area (Å²) in [6.45, 7) is 2.17. The molecular weight excluding hydrogens is 196 g/mol. The van der Waals surface area contributed by atoms with Crippen molar-refractivity contribution in [2.75, 3.05) is 13.1 Å². The van der Waals surface area contributed by atoms with Crippen LogP contribution in [-0.4, -0.2) is 13.1 Å². The molecule has 0 aromatic heterocycles. The maximum absolute atomic E-state index is 6.48. The minimum Gasteiger partial charge on any atom is -0.323 e. The van der Waals surface area contributed by atoms with Crippen LogP contribution in [0.2, 0.25) is 0 Å². The molecule has 0 saturated carbocycles. The van der Waals surface area contributed by atoms with E-state index in [2.05, 4.69) is 41.7 Å². The van der Waals surface area contributed by atoms with E-state index in [1.54, 1.807) is 0 Å². The van der Waals surface area contributed by atoms with Crippen molar-refractivity contribution in [1.82, 2.24) is 5.32 Å². The molecule has 0 radical (unpaired) electrons. The van der Waals surface area contributed by atoms with E-state index in [9.17, 15) is 0 Å². The summed E-state index contributed by atoms with van der Waals surface area (Å²) in [7, 11) is 0. The van der Waals surface area contributed by atoms with Crippen molar-refractivity contribution in [3.8, 4) is 0 Å². The van der Waals surface area contributed by atoms with E-state index in [-0.39, 0.29) is 11.5 Å². The second kappa shape index (κ2) is 3.72. The van der Waals surface area contributed by atoms with Gasteiger partial charge in [0.1, 0.15) is 0 Å². The first-order valence-electron chi connectivity index (χ1n) is 6.06. The fourth-order valence-electron chi connectivity index (χ4n) is 2.98. The van der Waals surface area contributed by atoms with Gasteiger partial charge in [-0.3, -0.25) is 0 Å². The normalized spacial score (nSPS) is 26.7. The number of fused-ring (bicyclic) bond motifs is 1. The summed E-state index contributed by atoms with van der Waals surface area (Å²) in [6.07, 6.45) is 6.91. The summed E-state index contributed by atoms with van der Waals surface area (Å²) in [5.41, 5.74) is 9.27. The Bertz CT molecular complexity index is 416. The summed E-state index contributed by atoms with van der Waals surface area (Å²) in [6, 6.07) is 8.66. The highest BCUT2D eigenvalue weighted by Crippen LogP contribution is 2.45. The van der Waals surface area contributed by atoms with Crippen molar-refractivity contribution in [2.24, 2.45) is 11.1 Å². The number of benzene rings is 1. The minimum atomic E-state index is 0.163. The zero-order valence-corrected chi connectivity index (χ0v) is 9.45. The van der Waals surface area contributed by atoms with Crippen LogP contribution in [0, 0.1) is 5.41 Å². The molecule has 1 heterocycles. The number of nitrogens with one attached hydrogen (secondary N) is 1. The van der Waals surface area contributed by atoms with E-state index in [0.29, 0.717) is 0 Å². The lowest BCUT2D eigenvalue weighted by Crippen LogP contribution is -2.43. The molecular formula is C14H18N2. The lowest BCUT2D eigenvalue weighted by molar-refractivity contribution is 0.220. The van der Waals surface area contributed by atoms with Crippen LogP contribution in [0.1, 0.15) is 30.0 Å². The summed E-state index contributed by atoms with van der Waals surface area (Å²) < 4.78 is 0. The van der Waals surface area contributed by atoms with Gasteiger partial charge in [-0.05, 0) is 37.1 Å². The van der Waals surface area contributed by atoms with Crippen LogP contribution in [0.15, 0.2) is 30.3 Å². The number of hydrogen-bond donors (Lipinski definition) is 2. The molecule has 1 fully saturated rings. The number of hydrogen-bond acceptors (Lipinski definition) is 2. The first-order chi connectivity index (χ1) is 7.82. The number of piperidine rings is 1. The Labute approximate surface area is 96.5 Å². The molecule has 2 heteroatoms. The topological polar surface area (TPSA) is 38.0 Å². The average Bonchev–Trinajstić information content (AvgIpc) is 2.36. The molecule has 1 aromatic rings. The lowest BCUT2D eigenvalue weighted by Gasteiger charge is -2.42. The summed E-state index contributed by atoms with van der Waals surface area (Å²) in [5, 5.41) is 3.41. The first-order valence-corrected chi connectivity index (χ1v) is 6.06. The zero-order chi connectivity index (χ0) is 11.0. The van der Waals surface area contributed by atoms with Gasteiger partial charge in [0.15, 0.2) is 0 Å². The molecule has 2 nitrogen and oxygen atoms in total. The summed E-state index contributed by atoms with van der Waals surface area (Å²) in [5.74, 6) is 0. The van der Waals surface area contributed by atoms with Crippen molar-refractivity contribution in [2.45, 2.75) is 18.9 Å². The van der Waals surface area contributed by atoms with E-state index < -0.39 is 0 Å². The van der Waals surface area contributed by atoms with Crippen LogP contribution in [0.4, 0.5) is 0 Å². The molecule has 1 aliphatic carbocycles. The van der Waals surface area contributed by atoms with Crippen LogP contribution in [0.3, 0.4) is 0 Å². The van der Waals surface area contributed by atoms with Gasteiger partial charge < -0.3 is 11.1 Å². The summed E-state index contributed by atoms with van der Waals surface area (Å²) in [4.78, 5) is 0. The highest BCUT2D eigenvalue weighted by atomic mass is 14.9. The molecule has 2 aliphatic rings. The molecule has 1 unspecified atom stereocenters. The highest BCUT2D eigenvalue weighted by Gasteiger charge is 2.38. The molecule has 1 spiro atoms. The van der Waals surface area contributed by atoms with Crippen LogP contribution in [0.5, 0.6) is 0 Å². The van der Waals surface area contributed by atoms with Crippen molar-refractivity contribution in [3.63, 3.8) is 0 Å². The van der Waals surface area contributed by atoms with Crippen molar-refractivity contribution >= 4 is 6.08 Å². The van der Waals surface area contributed by atoms with Gasteiger partial charge in [-0.2, -0.15) is 0 Å². The van der Waals surface area contributed by atoms with Crippen LogP contribution in [-0.2, 0) is 0 Å². The van der Waals surface area contributed by atoms with Crippen molar-refractivity contribution in [3.05, 3.63) is 41.5 Å². The molecule has 3 N–H and O–H groups in total. The molecule has 3 rings (SSSR count). The Kier molecular flexibility index (Phi) is 2.34. The van der Waals surface area contributed by atoms with Gasteiger partial charge >= 0.3 is 0 Å². The maximum Gasteiger partial charge on any atom is 0.0394 e. The first kappa shape index (κ1) is 10.1. The predicted octanol–water partition coefficient (Wildman–Crippen LogP) is 2.08.